The maximum atomic E-state index is 12.6. The highest BCUT2D eigenvalue weighted by Gasteiger charge is 2.38. The van der Waals surface area contributed by atoms with Gasteiger partial charge < -0.3 is 15.5 Å². The minimum atomic E-state index is -0.617. The summed E-state index contributed by atoms with van der Waals surface area (Å²) in [6.07, 6.45) is 1.44. The van der Waals surface area contributed by atoms with Crippen LogP contribution >= 0.6 is 0 Å². The fourth-order valence-corrected chi connectivity index (χ4v) is 3.22. The zero-order chi connectivity index (χ0) is 18.7. The number of piperidine rings is 1. The molecule has 26 heavy (non-hydrogen) atoms. The monoisotopic (exact) mass is 358 g/mol. The highest BCUT2D eigenvalue weighted by atomic mass is 16.2. The molecule has 0 bridgehead atoms. The summed E-state index contributed by atoms with van der Waals surface area (Å²) in [6.45, 7) is 3.28. The highest BCUT2D eigenvalue weighted by molar-refractivity contribution is 6.05. The highest BCUT2D eigenvalue weighted by Crippen LogP contribution is 2.28. The Morgan fingerprint density at radius 3 is 2.81 bits per heavy atom. The lowest BCUT2D eigenvalue weighted by molar-refractivity contribution is -0.136. The Morgan fingerprint density at radius 2 is 2.08 bits per heavy atom. The van der Waals surface area contributed by atoms with Crippen LogP contribution in [-0.2, 0) is 22.7 Å². The van der Waals surface area contributed by atoms with Crippen LogP contribution in [0.15, 0.2) is 18.2 Å². The van der Waals surface area contributed by atoms with Gasteiger partial charge in [0, 0.05) is 31.6 Å². The first-order chi connectivity index (χ1) is 12.5. The first-order valence-corrected chi connectivity index (χ1v) is 8.77. The number of hydrogen-bond acceptors (Lipinski definition) is 4. The van der Waals surface area contributed by atoms with E-state index in [0.717, 1.165) is 17.5 Å². The van der Waals surface area contributed by atoms with E-state index in [2.05, 4.69) is 16.0 Å². The molecule has 138 valence electrons. The Labute approximate surface area is 151 Å². The van der Waals surface area contributed by atoms with Crippen molar-refractivity contribution >= 4 is 23.8 Å². The summed E-state index contributed by atoms with van der Waals surface area (Å²) in [4.78, 5) is 49.1. The third kappa shape index (κ3) is 3.68. The van der Waals surface area contributed by atoms with Gasteiger partial charge in [0.1, 0.15) is 6.04 Å². The second-order valence-corrected chi connectivity index (χ2v) is 6.50. The molecule has 0 spiro atoms. The van der Waals surface area contributed by atoms with Crippen molar-refractivity contribution in [2.75, 3.05) is 6.54 Å². The van der Waals surface area contributed by atoms with E-state index >= 15 is 0 Å². The number of carbonyl (C=O) groups excluding carboxylic acids is 4. The first-order valence-electron chi connectivity index (χ1n) is 8.77. The minimum Gasteiger partial charge on any atom is -0.338 e. The number of hydrogen-bond donors (Lipinski definition) is 3. The van der Waals surface area contributed by atoms with Crippen LogP contribution in [0.5, 0.6) is 0 Å². The molecule has 0 radical (unpaired) electrons. The first kappa shape index (κ1) is 17.9. The predicted octanol–water partition coefficient (Wildman–Crippen LogP) is 0.657. The number of benzene rings is 1. The number of carbonyl (C=O) groups is 4. The van der Waals surface area contributed by atoms with Crippen molar-refractivity contribution in [1.82, 2.24) is 20.9 Å². The molecule has 0 aliphatic carbocycles. The molecule has 0 aromatic heterocycles. The van der Waals surface area contributed by atoms with Crippen LogP contribution in [0.2, 0.25) is 0 Å². The quantitative estimate of drug-likeness (QED) is 0.672. The molecule has 1 saturated heterocycles. The molecular weight excluding hydrogens is 336 g/mol. The van der Waals surface area contributed by atoms with Gasteiger partial charge >= 0.3 is 6.03 Å². The molecule has 5 amide bonds. The second kappa shape index (κ2) is 7.55. The van der Waals surface area contributed by atoms with Gasteiger partial charge in [-0.15, -0.1) is 0 Å². The lowest BCUT2D eigenvalue weighted by Crippen LogP contribution is -2.52. The van der Waals surface area contributed by atoms with Gasteiger partial charge in [-0.25, -0.2) is 4.79 Å². The number of amides is 5. The smallest absolute Gasteiger partial charge is 0.315 e. The van der Waals surface area contributed by atoms with Crippen molar-refractivity contribution in [1.29, 1.82) is 0 Å². The Bertz CT molecular complexity index is 762. The molecular formula is C18H22N4O4. The van der Waals surface area contributed by atoms with E-state index in [9.17, 15) is 19.2 Å². The van der Waals surface area contributed by atoms with E-state index in [-0.39, 0.29) is 24.3 Å². The van der Waals surface area contributed by atoms with Gasteiger partial charge in [-0.1, -0.05) is 19.1 Å². The molecule has 8 heteroatoms. The van der Waals surface area contributed by atoms with Crippen LogP contribution in [0.4, 0.5) is 4.79 Å². The second-order valence-electron chi connectivity index (χ2n) is 6.50. The van der Waals surface area contributed by atoms with Crippen LogP contribution < -0.4 is 16.0 Å². The number of nitrogens with zero attached hydrogens (tertiary/aromatic N) is 1. The summed E-state index contributed by atoms with van der Waals surface area (Å²) in [5.74, 6) is -0.920. The maximum absolute atomic E-state index is 12.6. The Morgan fingerprint density at radius 1 is 1.27 bits per heavy atom. The van der Waals surface area contributed by atoms with Crippen molar-refractivity contribution in [3.63, 3.8) is 0 Å². The van der Waals surface area contributed by atoms with E-state index in [1.54, 1.807) is 12.1 Å². The summed E-state index contributed by atoms with van der Waals surface area (Å²) < 4.78 is 0. The molecule has 1 aromatic carbocycles. The van der Waals surface area contributed by atoms with Crippen LogP contribution in [0.3, 0.4) is 0 Å². The average molecular weight is 358 g/mol. The van der Waals surface area contributed by atoms with E-state index in [4.69, 9.17) is 0 Å². The molecule has 0 unspecified atom stereocenters. The lowest BCUT2D eigenvalue weighted by Gasteiger charge is -2.29. The maximum Gasteiger partial charge on any atom is 0.315 e. The number of nitrogens with one attached hydrogen (secondary N) is 3. The molecule has 3 rings (SSSR count). The number of urea groups is 1. The number of fused-ring (bicyclic) bond motifs is 1. The van der Waals surface area contributed by atoms with Crippen molar-refractivity contribution < 1.29 is 19.2 Å². The van der Waals surface area contributed by atoms with Crippen LogP contribution in [0.25, 0.3) is 0 Å². The van der Waals surface area contributed by atoms with Crippen molar-refractivity contribution in [3.8, 4) is 0 Å². The molecule has 3 N–H and O–H groups in total. The van der Waals surface area contributed by atoms with Gasteiger partial charge in [-0.3, -0.25) is 19.7 Å². The Hall–Kier alpha value is -2.90. The standard InChI is InChI=1S/C18H22N4O4/c1-2-7-19-18(26)20-9-11-3-4-13-12(8-11)10-22(17(13)25)14-5-6-15(23)21-16(14)24/h3-4,8,14H,2,5-7,9-10H2,1H3,(H2,19,20,26)(H,21,23,24)/t14-/m1/s1. The third-order valence-electron chi connectivity index (χ3n) is 4.58. The van der Waals surface area contributed by atoms with Crippen LogP contribution in [0, 0.1) is 0 Å². The zero-order valence-electron chi connectivity index (χ0n) is 14.6. The van der Waals surface area contributed by atoms with Gasteiger partial charge in [0.15, 0.2) is 0 Å². The SMILES string of the molecule is CCCNC(=O)NCc1ccc2c(c1)CN([C@@H]1CCC(=O)NC1=O)C2=O. The fourth-order valence-electron chi connectivity index (χ4n) is 3.22. The zero-order valence-corrected chi connectivity index (χ0v) is 14.6. The molecule has 1 aromatic rings. The largest absolute Gasteiger partial charge is 0.338 e. The van der Waals surface area contributed by atoms with Crippen molar-refractivity contribution in [2.45, 2.75) is 45.3 Å². The summed E-state index contributed by atoms with van der Waals surface area (Å²) in [5, 5.41) is 7.80. The van der Waals surface area contributed by atoms with Crippen molar-refractivity contribution in [2.24, 2.45) is 0 Å². The summed E-state index contributed by atoms with van der Waals surface area (Å²) in [6, 6.07) is 4.55. The minimum absolute atomic E-state index is 0.199. The van der Waals surface area contributed by atoms with Crippen LogP contribution in [-0.4, -0.2) is 41.2 Å². The van der Waals surface area contributed by atoms with Gasteiger partial charge in [-0.05, 0) is 30.0 Å². The molecule has 2 heterocycles. The molecule has 2 aliphatic heterocycles. The molecule has 2 aliphatic rings. The van der Waals surface area contributed by atoms with Crippen molar-refractivity contribution in [3.05, 3.63) is 34.9 Å². The molecule has 1 atom stereocenters. The summed E-state index contributed by atoms with van der Waals surface area (Å²) >= 11 is 0. The van der Waals surface area contributed by atoms with E-state index in [1.807, 2.05) is 13.0 Å². The third-order valence-corrected chi connectivity index (χ3v) is 4.58. The summed E-state index contributed by atoms with van der Waals surface area (Å²) in [7, 11) is 0. The molecule has 8 nitrogen and oxygen atoms in total. The predicted molar refractivity (Wildman–Crippen MR) is 93.0 cm³/mol. The number of rotatable bonds is 5. The van der Waals surface area contributed by atoms with Gasteiger partial charge in [0.05, 0.1) is 0 Å². The fraction of sp³-hybridized carbons (Fsp3) is 0.444. The van der Waals surface area contributed by atoms with E-state index < -0.39 is 11.9 Å². The topological polar surface area (TPSA) is 108 Å². The number of imide groups is 1. The van der Waals surface area contributed by atoms with Gasteiger partial charge in [0.2, 0.25) is 11.8 Å². The Kier molecular flexibility index (Phi) is 5.20. The van der Waals surface area contributed by atoms with E-state index in [0.29, 0.717) is 31.6 Å². The lowest BCUT2D eigenvalue weighted by atomic mass is 10.0. The normalized spacial score (nSPS) is 19.2. The average Bonchev–Trinajstić information content (AvgIpc) is 2.94. The van der Waals surface area contributed by atoms with Gasteiger partial charge in [-0.2, -0.15) is 0 Å². The molecule has 0 saturated carbocycles. The van der Waals surface area contributed by atoms with Crippen LogP contribution in [0.1, 0.15) is 47.7 Å². The van der Waals surface area contributed by atoms with E-state index in [1.165, 1.54) is 4.90 Å². The Balaban J connectivity index is 1.65. The van der Waals surface area contributed by atoms with Gasteiger partial charge in [0.25, 0.3) is 5.91 Å². The molecule has 1 fully saturated rings. The summed E-state index contributed by atoms with van der Waals surface area (Å²) in [5.41, 5.74) is 2.27.